The SMILES string of the molecule is CC[C@H](C)[C@@H]([C@@H](CC(=O)N1CCC[C@H]1[C@H](OC)[C@@H](C)C(=O)N[C@H](C)[C@@H](O)c1ccccc1)OC)N(C)C(=O)[C@@H](NC(=O)[C@H](C(C)C)N(C)C(=O)OCc1ccc(NC(=O)C(CCCNC(N)=O)NC(=O)CC(C)C)cc1)C(C)C. The summed E-state index contributed by atoms with van der Waals surface area (Å²) in [6.45, 7) is 19.0. The summed E-state index contributed by atoms with van der Waals surface area (Å²) in [5.74, 6) is -3.75. The van der Waals surface area contributed by atoms with Crippen LogP contribution in [0.25, 0.3) is 0 Å². The third-order valence-corrected chi connectivity index (χ3v) is 14.9. The number of benzene rings is 2. The van der Waals surface area contributed by atoms with Crippen LogP contribution in [0.4, 0.5) is 15.3 Å². The summed E-state index contributed by atoms with van der Waals surface area (Å²) in [4.78, 5) is 112. The maximum Gasteiger partial charge on any atom is 0.410 e. The minimum atomic E-state index is -1.04. The van der Waals surface area contributed by atoms with Gasteiger partial charge in [-0.15, -0.1) is 0 Å². The maximum absolute atomic E-state index is 14.7. The van der Waals surface area contributed by atoms with Gasteiger partial charge in [0.05, 0.1) is 48.8 Å². The Hall–Kier alpha value is -6.32. The van der Waals surface area contributed by atoms with E-state index >= 15 is 0 Å². The van der Waals surface area contributed by atoms with E-state index in [0.29, 0.717) is 49.0 Å². The van der Waals surface area contributed by atoms with Crippen molar-refractivity contribution in [2.45, 2.75) is 175 Å². The molecule has 0 radical (unpaired) electrons. The zero-order valence-corrected chi connectivity index (χ0v) is 49.2. The minimum absolute atomic E-state index is 0.0707. The molecule has 11 atom stereocenters. The third-order valence-electron chi connectivity index (χ3n) is 14.9. The molecule has 1 heterocycles. The Labute approximate surface area is 468 Å². The number of ether oxygens (including phenoxy) is 3. The van der Waals surface area contributed by atoms with E-state index in [9.17, 15) is 43.5 Å². The topological polar surface area (TPSA) is 280 Å². The Bertz CT molecular complexity index is 2290. The molecule has 21 nitrogen and oxygen atoms in total. The molecule has 1 saturated heterocycles. The van der Waals surface area contributed by atoms with E-state index in [-0.39, 0.29) is 62.0 Å². The Balaban J connectivity index is 1.70. The number of methoxy groups -OCH3 is 2. The van der Waals surface area contributed by atoms with E-state index in [1.807, 2.05) is 59.7 Å². The van der Waals surface area contributed by atoms with E-state index in [0.717, 1.165) is 0 Å². The van der Waals surface area contributed by atoms with Crippen LogP contribution in [-0.2, 0) is 49.6 Å². The van der Waals surface area contributed by atoms with Crippen LogP contribution in [0.2, 0.25) is 0 Å². The number of aliphatic hydroxyl groups is 1. The molecule has 79 heavy (non-hydrogen) atoms. The highest BCUT2D eigenvalue weighted by atomic mass is 16.6. The lowest BCUT2D eigenvalue weighted by Gasteiger charge is -2.41. The first-order valence-electron chi connectivity index (χ1n) is 27.9. The van der Waals surface area contributed by atoms with Gasteiger partial charge in [-0.3, -0.25) is 33.7 Å². The first-order chi connectivity index (χ1) is 37.3. The Morgan fingerprint density at radius 1 is 0.785 bits per heavy atom. The van der Waals surface area contributed by atoms with Gasteiger partial charge in [-0.1, -0.05) is 111 Å². The lowest BCUT2D eigenvalue weighted by molar-refractivity contribution is -0.148. The number of urea groups is 1. The lowest BCUT2D eigenvalue weighted by Crippen LogP contribution is -2.60. The van der Waals surface area contributed by atoms with E-state index in [2.05, 4.69) is 26.6 Å². The number of carbonyl (C=O) groups is 8. The van der Waals surface area contributed by atoms with Crippen LogP contribution in [-0.4, -0.2) is 157 Å². The fraction of sp³-hybridized carbons (Fsp3) is 0.655. The molecular weight excluding hydrogens is 1010 g/mol. The van der Waals surface area contributed by atoms with Crippen LogP contribution in [0.1, 0.15) is 131 Å². The average Bonchev–Trinajstić information content (AvgIpc) is 3.92. The van der Waals surface area contributed by atoms with Crippen molar-refractivity contribution in [2.75, 3.05) is 46.7 Å². The molecule has 0 aliphatic carbocycles. The first-order valence-corrected chi connectivity index (χ1v) is 27.9. The molecule has 2 aromatic rings. The fourth-order valence-corrected chi connectivity index (χ4v) is 10.3. The number of likely N-dealkylation sites (tertiary alicyclic amines) is 1. The van der Waals surface area contributed by atoms with Crippen molar-refractivity contribution in [1.29, 1.82) is 0 Å². The summed E-state index contributed by atoms with van der Waals surface area (Å²) in [5, 5.41) is 24.9. The van der Waals surface area contributed by atoms with E-state index in [4.69, 9.17) is 19.9 Å². The molecule has 1 unspecified atom stereocenters. The highest BCUT2D eigenvalue weighted by Gasteiger charge is 2.44. The zero-order valence-electron chi connectivity index (χ0n) is 49.2. The van der Waals surface area contributed by atoms with Crippen molar-refractivity contribution < 1.29 is 57.7 Å². The number of amides is 9. The van der Waals surface area contributed by atoms with Crippen LogP contribution in [0, 0.1) is 29.6 Å². The number of aliphatic hydroxyl groups excluding tert-OH is 1. The van der Waals surface area contributed by atoms with Gasteiger partial charge in [0, 0.05) is 53.5 Å². The number of nitrogens with zero attached hydrogens (tertiary/aromatic N) is 3. The minimum Gasteiger partial charge on any atom is -0.445 e. The number of hydrogen-bond donors (Lipinski definition) is 7. The maximum atomic E-state index is 14.7. The second-order valence-electron chi connectivity index (χ2n) is 22.2. The first kappa shape index (κ1) is 67.0. The summed E-state index contributed by atoms with van der Waals surface area (Å²) in [6, 6.07) is 10.4. The summed E-state index contributed by atoms with van der Waals surface area (Å²) in [6.07, 6.45) is -0.356. The molecule has 1 aliphatic rings. The van der Waals surface area contributed by atoms with Crippen molar-refractivity contribution in [3.05, 3.63) is 65.7 Å². The summed E-state index contributed by atoms with van der Waals surface area (Å²) in [7, 11) is 6.14. The predicted molar refractivity (Wildman–Crippen MR) is 302 cm³/mol. The number of nitrogens with two attached hydrogens (primary N) is 1. The number of carbonyl (C=O) groups excluding carboxylic acids is 8. The van der Waals surface area contributed by atoms with Crippen LogP contribution in [0.3, 0.4) is 0 Å². The smallest absolute Gasteiger partial charge is 0.410 e. The lowest BCUT2D eigenvalue weighted by atomic mass is 9.89. The van der Waals surface area contributed by atoms with Gasteiger partial charge in [-0.05, 0) is 79.5 Å². The third kappa shape index (κ3) is 20.1. The van der Waals surface area contributed by atoms with Gasteiger partial charge in [0.15, 0.2) is 0 Å². The largest absolute Gasteiger partial charge is 0.445 e. The molecule has 3 rings (SSSR count). The second-order valence-corrected chi connectivity index (χ2v) is 22.2. The number of nitrogens with one attached hydrogen (secondary N) is 5. The Morgan fingerprint density at radius 2 is 1.43 bits per heavy atom. The number of anilines is 1. The van der Waals surface area contributed by atoms with Gasteiger partial charge in [0.2, 0.25) is 35.4 Å². The molecule has 1 fully saturated rings. The van der Waals surface area contributed by atoms with Crippen molar-refractivity contribution in [3.63, 3.8) is 0 Å². The Kier molecular flexibility index (Phi) is 27.7. The van der Waals surface area contributed by atoms with Gasteiger partial charge in [0.25, 0.3) is 0 Å². The highest BCUT2D eigenvalue weighted by molar-refractivity contribution is 5.97. The quantitative estimate of drug-likeness (QED) is 0.0462. The number of hydrogen-bond acceptors (Lipinski definition) is 12. The standard InChI is InChI=1S/C58H93N9O12/c1-15-37(8)50(45(77-13)32-47(69)67-30-20-24-44(67)52(78-14)38(9)53(71)61-39(10)51(70)41-21-17-16-18-22-41)65(11)56(74)48(35(4)5)64-55(73)49(36(6)7)66(12)58(76)79-33-40-25-27-42(28-26-40)62-54(72)43(23-19-29-60-57(59)75)63-46(68)31-34(2)3/h16-18,21-22,25-28,34-39,43-45,48-52,70H,15,19-20,23-24,29-33H2,1-14H3,(H,61,71)(H,62,72)(H,63,68)(H,64,73)(H3,59,60,75)/t37-,38+,39+,43?,44-,45+,48-,49-,50-,51+,52+/m0/s1. The monoisotopic (exact) mass is 1110 g/mol. The van der Waals surface area contributed by atoms with E-state index in [1.54, 1.807) is 80.9 Å². The van der Waals surface area contributed by atoms with Crippen LogP contribution >= 0.6 is 0 Å². The molecule has 0 saturated carbocycles. The molecule has 0 aromatic heterocycles. The normalized spacial score (nSPS) is 17.2. The van der Waals surface area contributed by atoms with Crippen LogP contribution < -0.4 is 32.3 Å². The van der Waals surface area contributed by atoms with Crippen molar-refractivity contribution in [1.82, 2.24) is 36.0 Å². The zero-order chi connectivity index (χ0) is 59.3. The summed E-state index contributed by atoms with van der Waals surface area (Å²) in [5.41, 5.74) is 6.86. The van der Waals surface area contributed by atoms with Gasteiger partial charge in [0.1, 0.15) is 24.7 Å². The molecular formula is C58H93N9O12. The Morgan fingerprint density at radius 3 is 1.99 bits per heavy atom. The summed E-state index contributed by atoms with van der Waals surface area (Å²) < 4.78 is 17.7. The molecule has 0 spiro atoms. The van der Waals surface area contributed by atoms with Gasteiger partial charge in [-0.25, -0.2) is 9.59 Å². The molecule has 442 valence electrons. The van der Waals surface area contributed by atoms with Crippen molar-refractivity contribution >= 4 is 53.3 Å². The fourth-order valence-electron chi connectivity index (χ4n) is 10.3. The molecule has 21 heteroatoms. The van der Waals surface area contributed by atoms with E-state index in [1.165, 1.54) is 26.2 Å². The average molecular weight is 1110 g/mol. The highest BCUT2D eigenvalue weighted by Crippen LogP contribution is 2.30. The van der Waals surface area contributed by atoms with Crippen LogP contribution in [0.15, 0.2) is 54.6 Å². The van der Waals surface area contributed by atoms with Gasteiger partial charge >= 0.3 is 12.1 Å². The second kappa shape index (κ2) is 32.7. The van der Waals surface area contributed by atoms with Crippen molar-refractivity contribution in [3.8, 4) is 0 Å². The summed E-state index contributed by atoms with van der Waals surface area (Å²) >= 11 is 0. The number of likely N-dealkylation sites (N-methyl/N-ethyl adjacent to an activating group) is 2. The number of primary amides is 1. The molecule has 1 aliphatic heterocycles. The predicted octanol–water partition coefficient (Wildman–Crippen LogP) is 5.50. The van der Waals surface area contributed by atoms with Gasteiger partial charge in [-0.2, -0.15) is 0 Å². The molecule has 0 bridgehead atoms. The molecule has 2 aromatic carbocycles. The molecule has 8 N–H and O–H groups in total. The van der Waals surface area contributed by atoms with E-state index < -0.39 is 102 Å². The number of rotatable bonds is 31. The van der Waals surface area contributed by atoms with Gasteiger partial charge < -0.3 is 61.4 Å². The van der Waals surface area contributed by atoms with Crippen molar-refractivity contribution in [2.24, 2.45) is 35.3 Å². The van der Waals surface area contributed by atoms with Crippen LogP contribution in [0.5, 0.6) is 0 Å². The molecule has 9 amide bonds.